The van der Waals surface area contributed by atoms with Gasteiger partial charge in [-0.3, -0.25) is 0 Å². The highest BCUT2D eigenvalue weighted by Crippen LogP contribution is 2.33. The fourth-order valence-corrected chi connectivity index (χ4v) is 5.57. The molecule has 1 aliphatic rings. The highest BCUT2D eigenvalue weighted by Gasteiger charge is 2.30. The molecule has 0 spiro atoms. The van der Waals surface area contributed by atoms with E-state index >= 15 is 0 Å². The predicted molar refractivity (Wildman–Crippen MR) is 96.7 cm³/mol. The summed E-state index contributed by atoms with van der Waals surface area (Å²) < 4.78 is 28.1. The van der Waals surface area contributed by atoms with E-state index < -0.39 is 9.84 Å². The van der Waals surface area contributed by atoms with Crippen molar-refractivity contribution in [1.29, 1.82) is 0 Å². The van der Waals surface area contributed by atoms with E-state index in [1.165, 1.54) is 11.8 Å². The number of hydrogen-bond donors (Lipinski definition) is 1. The maximum atomic E-state index is 13.2. The second-order valence-corrected chi connectivity index (χ2v) is 8.79. The fraction of sp³-hybridized carbons (Fsp3) is 0.294. The molecule has 1 aromatic carbocycles. The SMILES string of the molecule is CSc1nn2c3c(cnc2c1S(=O)(=O)c1ccccc1)CC(C)NC3. The van der Waals surface area contributed by atoms with E-state index in [0.717, 1.165) is 17.7 Å². The zero-order valence-corrected chi connectivity index (χ0v) is 15.6. The normalized spacial score (nSPS) is 17.6. The first kappa shape index (κ1) is 16.6. The predicted octanol–water partition coefficient (Wildman–Crippen LogP) is 2.32. The first-order valence-electron chi connectivity index (χ1n) is 7.99. The average Bonchev–Trinajstić information content (AvgIpc) is 3.02. The first-order chi connectivity index (χ1) is 12.0. The van der Waals surface area contributed by atoms with Gasteiger partial charge in [0.15, 0.2) is 10.5 Å². The van der Waals surface area contributed by atoms with E-state index in [-0.39, 0.29) is 9.79 Å². The quantitative estimate of drug-likeness (QED) is 0.709. The lowest BCUT2D eigenvalue weighted by Crippen LogP contribution is -2.34. The maximum absolute atomic E-state index is 13.2. The maximum Gasteiger partial charge on any atom is 0.213 e. The van der Waals surface area contributed by atoms with Crippen LogP contribution in [0.5, 0.6) is 0 Å². The monoisotopic (exact) mass is 374 g/mol. The summed E-state index contributed by atoms with van der Waals surface area (Å²) in [5.41, 5.74) is 2.48. The number of sulfone groups is 1. The number of fused-ring (bicyclic) bond motifs is 3. The van der Waals surface area contributed by atoms with Crippen molar-refractivity contribution in [2.75, 3.05) is 6.26 Å². The van der Waals surface area contributed by atoms with Crippen LogP contribution >= 0.6 is 11.8 Å². The van der Waals surface area contributed by atoms with Crippen LogP contribution < -0.4 is 5.32 Å². The largest absolute Gasteiger partial charge is 0.308 e. The van der Waals surface area contributed by atoms with Crippen LogP contribution in [0.3, 0.4) is 0 Å². The molecular formula is C17H18N4O2S2. The number of rotatable bonds is 3. The molecule has 4 rings (SSSR count). The van der Waals surface area contributed by atoms with Crippen molar-refractivity contribution in [1.82, 2.24) is 19.9 Å². The second kappa shape index (κ2) is 6.12. The molecule has 130 valence electrons. The zero-order valence-electron chi connectivity index (χ0n) is 13.9. The molecule has 25 heavy (non-hydrogen) atoms. The molecule has 1 aliphatic heterocycles. The van der Waals surface area contributed by atoms with Gasteiger partial charge in [-0.15, -0.1) is 11.8 Å². The van der Waals surface area contributed by atoms with Crippen LogP contribution in [0, 0.1) is 0 Å². The Bertz CT molecular complexity index is 1050. The van der Waals surface area contributed by atoms with Crippen molar-refractivity contribution in [2.24, 2.45) is 0 Å². The third kappa shape index (κ3) is 2.65. The van der Waals surface area contributed by atoms with Gasteiger partial charge in [0.1, 0.15) is 5.03 Å². The molecule has 0 radical (unpaired) electrons. The van der Waals surface area contributed by atoms with Crippen LogP contribution in [0.2, 0.25) is 0 Å². The van der Waals surface area contributed by atoms with E-state index in [1.54, 1.807) is 41.0 Å². The number of thioether (sulfide) groups is 1. The van der Waals surface area contributed by atoms with Crippen molar-refractivity contribution in [3.63, 3.8) is 0 Å². The van der Waals surface area contributed by atoms with Crippen molar-refractivity contribution < 1.29 is 8.42 Å². The number of nitrogens with zero attached hydrogens (tertiary/aromatic N) is 3. The lowest BCUT2D eigenvalue weighted by molar-refractivity contribution is 0.493. The summed E-state index contributed by atoms with van der Waals surface area (Å²) >= 11 is 1.32. The van der Waals surface area contributed by atoms with Gasteiger partial charge in [0.05, 0.1) is 10.6 Å². The molecule has 1 unspecified atom stereocenters. The van der Waals surface area contributed by atoms with E-state index in [4.69, 9.17) is 0 Å². The van der Waals surface area contributed by atoms with Gasteiger partial charge in [0, 0.05) is 18.8 Å². The zero-order chi connectivity index (χ0) is 17.6. The third-order valence-electron chi connectivity index (χ3n) is 4.42. The lowest BCUT2D eigenvalue weighted by atomic mass is 10.0. The van der Waals surface area contributed by atoms with Crippen LogP contribution in [-0.2, 0) is 22.8 Å². The van der Waals surface area contributed by atoms with Crippen LogP contribution in [-0.4, -0.2) is 35.3 Å². The Hall–Kier alpha value is -1.90. The van der Waals surface area contributed by atoms with E-state index in [9.17, 15) is 8.42 Å². The Labute approximate surface area is 150 Å². The Morgan fingerprint density at radius 1 is 1.28 bits per heavy atom. The Kier molecular flexibility index (Phi) is 4.05. The summed E-state index contributed by atoms with van der Waals surface area (Å²) in [6.07, 6.45) is 4.48. The number of benzene rings is 1. The molecule has 0 saturated carbocycles. The van der Waals surface area contributed by atoms with Gasteiger partial charge >= 0.3 is 0 Å². The minimum Gasteiger partial charge on any atom is -0.308 e. The van der Waals surface area contributed by atoms with E-state index in [0.29, 0.717) is 23.3 Å². The summed E-state index contributed by atoms with van der Waals surface area (Å²) in [5.74, 6) is 0. The lowest BCUT2D eigenvalue weighted by Gasteiger charge is -2.22. The van der Waals surface area contributed by atoms with Crippen molar-refractivity contribution in [3.8, 4) is 0 Å². The molecule has 0 fully saturated rings. The molecule has 6 nitrogen and oxygen atoms in total. The summed E-state index contributed by atoms with van der Waals surface area (Å²) in [6, 6.07) is 8.81. The van der Waals surface area contributed by atoms with Crippen molar-refractivity contribution >= 4 is 27.2 Å². The van der Waals surface area contributed by atoms with Gasteiger partial charge in [-0.25, -0.2) is 17.9 Å². The molecule has 3 aromatic rings. The second-order valence-electron chi connectivity index (χ2n) is 6.11. The Balaban J connectivity index is 1.99. The molecule has 1 N–H and O–H groups in total. The molecule has 2 aromatic heterocycles. The summed E-state index contributed by atoms with van der Waals surface area (Å²) in [6.45, 7) is 2.77. The molecule has 0 amide bonds. The Morgan fingerprint density at radius 2 is 2.04 bits per heavy atom. The number of aromatic nitrogens is 3. The minimum atomic E-state index is -3.69. The molecule has 0 aliphatic carbocycles. The van der Waals surface area contributed by atoms with Gasteiger partial charge < -0.3 is 5.32 Å². The molecule has 0 bridgehead atoms. The van der Waals surface area contributed by atoms with Crippen LogP contribution in [0.25, 0.3) is 5.65 Å². The van der Waals surface area contributed by atoms with Crippen LogP contribution in [0.4, 0.5) is 0 Å². The molecule has 3 heterocycles. The van der Waals surface area contributed by atoms with Crippen molar-refractivity contribution in [2.45, 2.75) is 40.7 Å². The number of hydrogen-bond acceptors (Lipinski definition) is 6. The van der Waals surface area contributed by atoms with Gasteiger partial charge in [-0.05, 0) is 37.3 Å². The topological polar surface area (TPSA) is 76.4 Å². The van der Waals surface area contributed by atoms with Crippen LogP contribution in [0.15, 0.2) is 51.3 Å². The van der Waals surface area contributed by atoms with Gasteiger partial charge in [0.25, 0.3) is 0 Å². The van der Waals surface area contributed by atoms with Gasteiger partial charge in [0.2, 0.25) is 9.84 Å². The standard InChI is InChI=1S/C17H18N4O2S2/c1-11-8-12-9-19-16-15(25(22,23)13-6-4-3-5-7-13)17(24-2)20-21(16)14(12)10-18-11/h3-7,9,11,18H,8,10H2,1-2H3. The van der Waals surface area contributed by atoms with E-state index in [1.807, 2.05) is 6.26 Å². The first-order valence-corrected chi connectivity index (χ1v) is 10.7. The van der Waals surface area contributed by atoms with E-state index in [2.05, 4.69) is 22.3 Å². The molecule has 8 heteroatoms. The smallest absolute Gasteiger partial charge is 0.213 e. The van der Waals surface area contributed by atoms with Crippen molar-refractivity contribution in [3.05, 3.63) is 47.8 Å². The van der Waals surface area contributed by atoms with Gasteiger partial charge in [-0.1, -0.05) is 18.2 Å². The summed E-state index contributed by atoms with van der Waals surface area (Å²) in [7, 11) is -3.69. The molecule has 0 saturated heterocycles. The highest BCUT2D eigenvalue weighted by atomic mass is 32.2. The third-order valence-corrected chi connectivity index (χ3v) is 7.03. The minimum absolute atomic E-state index is 0.188. The summed E-state index contributed by atoms with van der Waals surface area (Å²) in [4.78, 5) is 4.91. The molecule has 1 atom stereocenters. The fourth-order valence-electron chi connectivity index (χ4n) is 3.14. The number of nitrogens with one attached hydrogen (secondary N) is 1. The van der Waals surface area contributed by atoms with Gasteiger partial charge in [-0.2, -0.15) is 5.10 Å². The Morgan fingerprint density at radius 3 is 2.76 bits per heavy atom. The highest BCUT2D eigenvalue weighted by molar-refractivity contribution is 7.99. The van der Waals surface area contributed by atoms with Crippen LogP contribution in [0.1, 0.15) is 18.2 Å². The average molecular weight is 374 g/mol. The molecular weight excluding hydrogens is 356 g/mol. The summed E-state index contributed by atoms with van der Waals surface area (Å²) in [5, 5.41) is 8.44.